The Hall–Kier alpha value is -2.62. The number of fused-ring (bicyclic) bond motifs is 1. The van der Waals surface area contributed by atoms with Crippen molar-refractivity contribution in [1.82, 2.24) is 0 Å². The molecule has 2 heterocycles. The number of aryl methyl sites for hydroxylation is 1. The van der Waals surface area contributed by atoms with Gasteiger partial charge in [-0.15, -0.1) is 0 Å². The molecule has 2 aliphatic heterocycles. The van der Waals surface area contributed by atoms with E-state index in [2.05, 4.69) is 13.0 Å². The Bertz CT molecular complexity index is 845. The molecule has 4 rings (SSSR count). The van der Waals surface area contributed by atoms with E-state index in [4.69, 9.17) is 0 Å². The average molecular weight is 334 g/mol. The molecule has 0 aromatic heterocycles. The first kappa shape index (κ1) is 15.9. The minimum absolute atomic E-state index is 0.0350. The zero-order chi connectivity index (χ0) is 17.6. The molecule has 2 aromatic carbocycles. The van der Waals surface area contributed by atoms with Gasteiger partial charge in [0.05, 0.1) is 5.92 Å². The van der Waals surface area contributed by atoms with Gasteiger partial charge in [-0.3, -0.25) is 9.59 Å². The lowest BCUT2D eigenvalue weighted by Gasteiger charge is -2.26. The Kier molecular flexibility index (Phi) is 3.83. The summed E-state index contributed by atoms with van der Waals surface area (Å²) in [5, 5.41) is 0. The van der Waals surface area contributed by atoms with Crippen LogP contribution in [0.1, 0.15) is 24.5 Å². The van der Waals surface area contributed by atoms with Gasteiger partial charge in [0, 0.05) is 30.4 Å². The minimum atomic E-state index is -0.277. The van der Waals surface area contributed by atoms with Crippen LogP contribution < -0.4 is 9.80 Å². The molecule has 0 unspecified atom stereocenters. The molecule has 128 valence electrons. The smallest absolute Gasteiger partial charge is 0.232 e. The molecule has 0 saturated carbocycles. The topological polar surface area (TPSA) is 40.6 Å². The molecular formula is C21H22N2O2. The number of nitrogens with zero attached hydrogens (tertiary/aromatic N) is 2. The van der Waals surface area contributed by atoms with Crippen LogP contribution in [0.2, 0.25) is 0 Å². The fraction of sp³-hybridized carbons (Fsp3) is 0.333. The van der Waals surface area contributed by atoms with Crippen LogP contribution in [0.3, 0.4) is 0 Å². The molecular weight excluding hydrogens is 312 g/mol. The lowest BCUT2D eigenvalue weighted by molar-refractivity contribution is -0.124. The third-order valence-electron chi connectivity index (χ3n) is 5.33. The molecule has 4 heteroatoms. The molecule has 1 fully saturated rings. The highest BCUT2D eigenvalue weighted by molar-refractivity contribution is 6.05. The first-order valence-electron chi connectivity index (χ1n) is 8.83. The molecule has 2 atom stereocenters. The van der Waals surface area contributed by atoms with Crippen molar-refractivity contribution < 1.29 is 9.59 Å². The lowest BCUT2D eigenvalue weighted by atomic mass is 10.1. The first-order valence-corrected chi connectivity index (χ1v) is 8.83. The van der Waals surface area contributed by atoms with Gasteiger partial charge in [0.25, 0.3) is 0 Å². The van der Waals surface area contributed by atoms with E-state index in [1.165, 1.54) is 5.56 Å². The molecule has 1 saturated heterocycles. The molecule has 0 N–H and O–H groups in total. The minimum Gasteiger partial charge on any atom is -0.311 e. The molecule has 4 nitrogen and oxygen atoms in total. The highest BCUT2D eigenvalue weighted by Crippen LogP contribution is 2.35. The normalized spacial score (nSPS) is 22.4. The highest BCUT2D eigenvalue weighted by Gasteiger charge is 2.41. The predicted octanol–water partition coefficient (Wildman–Crippen LogP) is 3.33. The van der Waals surface area contributed by atoms with E-state index in [1.54, 1.807) is 4.90 Å². The summed E-state index contributed by atoms with van der Waals surface area (Å²) in [6, 6.07) is 16.1. The summed E-state index contributed by atoms with van der Waals surface area (Å²) in [6.07, 6.45) is 1.17. The maximum absolute atomic E-state index is 13.2. The van der Waals surface area contributed by atoms with Crippen molar-refractivity contribution in [2.75, 3.05) is 16.3 Å². The van der Waals surface area contributed by atoms with Gasteiger partial charge in [-0.1, -0.05) is 36.4 Å². The van der Waals surface area contributed by atoms with Gasteiger partial charge in [0.15, 0.2) is 0 Å². The van der Waals surface area contributed by atoms with Gasteiger partial charge in [0.1, 0.15) is 0 Å². The summed E-state index contributed by atoms with van der Waals surface area (Å²) in [6.45, 7) is 4.54. The quantitative estimate of drug-likeness (QED) is 0.845. The maximum Gasteiger partial charge on any atom is 0.232 e. The van der Waals surface area contributed by atoms with Crippen molar-refractivity contribution in [3.63, 3.8) is 0 Å². The van der Waals surface area contributed by atoms with Gasteiger partial charge in [-0.2, -0.15) is 0 Å². The number of hydrogen-bond donors (Lipinski definition) is 0. The van der Waals surface area contributed by atoms with Gasteiger partial charge < -0.3 is 9.80 Å². The molecule has 2 amide bonds. The van der Waals surface area contributed by atoms with E-state index in [0.717, 1.165) is 23.4 Å². The standard InChI is InChI=1S/C21H22N2O2/c1-14-7-3-5-9-18(14)22-13-17(12-20(22)24)21(25)23-15(2)11-16-8-4-6-10-19(16)23/h3-10,15,17H,11-13H2,1-2H3/t15-,17-/m1/s1. The van der Waals surface area contributed by atoms with Crippen LogP contribution in [0.4, 0.5) is 11.4 Å². The molecule has 0 spiro atoms. The average Bonchev–Trinajstić information content (AvgIpc) is 3.14. The van der Waals surface area contributed by atoms with E-state index in [9.17, 15) is 9.59 Å². The second-order valence-corrected chi connectivity index (χ2v) is 7.08. The van der Waals surface area contributed by atoms with Crippen molar-refractivity contribution in [3.8, 4) is 0 Å². The number of para-hydroxylation sites is 2. The Labute approximate surface area is 148 Å². The molecule has 2 aliphatic rings. The summed E-state index contributed by atoms with van der Waals surface area (Å²) in [5.41, 5.74) is 4.19. The molecule has 2 aromatic rings. The zero-order valence-electron chi connectivity index (χ0n) is 14.6. The molecule has 0 aliphatic carbocycles. The third-order valence-corrected chi connectivity index (χ3v) is 5.33. The molecule has 0 radical (unpaired) electrons. The molecule has 25 heavy (non-hydrogen) atoms. The van der Waals surface area contributed by atoms with Crippen LogP contribution in [-0.4, -0.2) is 24.4 Å². The first-order chi connectivity index (χ1) is 12.1. The van der Waals surface area contributed by atoms with Gasteiger partial charge >= 0.3 is 0 Å². The van der Waals surface area contributed by atoms with Gasteiger partial charge in [-0.05, 0) is 43.5 Å². The Balaban J connectivity index is 1.59. The second-order valence-electron chi connectivity index (χ2n) is 7.08. The number of amides is 2. The van der Waals surface area contributed by atoms with Crippen molar-refractivity contribution in [3.05, 3.63) is 59.7 Å². The monoisotopic (exact) mass is 334 g/mol. The van der Waals surface area contributed by atoms with Gasteiger partial charge in [-0.25, -0.2) is 0 Å². The van der Waals surface area contributed by atoms with Crippen LogP contribution in [0.25, 0.3) is 0 Å². The highest BCUT2D eigenvalue weighted by atomic mass is 16.2. The van der Waals surface area contributed by atoms with Crippen LogP contribution in [0.15, 0.2) is 48.5 Å². The van der Waals surface area contributed by atoms with Crippen LogP contribution in [-0.2, 0) is 16.0 Å². The Morgan fingerprint density at radius 1 is 1.00 bits per heavy atom. The number of benzene rings is 2. The number of carbonyl (C=O) groups is 2. The van der Waals surface area contributed by atoms with E-state index in [-0.39, 0.29) is 23.8 Å². The zero-order valence-corrected chi connectivity index (χ0v) is 14.6. The summed E-state index contributed by atoms with van der Waals surface area (Å²) < 4.78 is 0. The second kappa shape index (κ2) is 6.03. The number of rotatable bonds is 2. The predicted molar refractivity (Wildman–Crippen MR) is 98.7 cm³/mol. The fourth-order valence-corrected chi connectivity index (χ4v) is 4.07. The summed E-state index contributed by atoms with van der Waals surface area (Å²) in [5.74, 6) is -0.171. The van der Waals surface area contributed by atoms with Crippen LogP contribution >= 0.6 is 0 Å². The lowest BCUT2D eigenvalue weighted by Crippen LogP contribution is -2.41. The van der Waals surface area contributed by atoms with Crippen molar-refractivity contribution >= 4 is 23.2 Å². The van der Waals surface area contributed by atoms with E-state index in [0.29, 0.717) is 13.0 Å². The Morgan fingerprint density at radius 3 is 2.44 bits per heavy atom. The van der Waals surface area contributed by atoms with Crippen LogP contribution in [0.5, 0.6) is 0 Å². The van der Waals surface area contributed by atoms with E-state index < -0.39 is 0 Å². The summed E-state index contributed by atoms with van der Waals surface area (Å²) >= 11 is 0. The largest absolute Gasteiger partial charge is 0.311 e. The Morgan fingerprint density at radius 2 is 1.68 bits per heavy atom. The third kappa shape index (κ3) is 2.62. The number of carbonyl (C=O) groups excluding carboxylic acids is 2. The van der Waals surface area contributed by atoms with E-state index in [1.807, 2.05) is 54.3 Å². The molecule has 0 bridgehead atoms. The number of anilines is 2. The summed E-state index contributed by atoms with van der Waals surface area (Å²) in [7, 11) is 0. The van der Waals surface area contributed by atoms with Crippen molar-refractivity contribution in [2.24, 2.45) is 5.92 Å². The number of hydrogen-bond acceptors (Lipinski definition) is 2. The summed E-state index contributed by atoms with van der Waals surface area (Å²) in [4.78, 5) is 29.4. The van der Waals surface area contributed by atoms with Crippen molar-refractivity contribution in [2.45, 2.75) is 32.7 Å². The van der Waals surface area contributed by atoms with E-state index >= 15 is 0 Å². The van der Waals surface area contributed by atoms with Gasteiger partial charge in [0.2, 0.25) is 11.8 Å². The fourth-order valence-electron chi connectivity index (χ4n) is 4.07. The van der Waals surface area contributed by atoms with Crippen molar-refractivity contribution in [1.29, 1.82) is 0 Å². The maximum atomic E-state index is 13.2. The SMILES string of the molecule is Cc1ccccc1N1C[C@H](C(=O)N2c3ccccc3C[C@H]2C)CC1=O. The van der Waals surface area contributed by atoms with Crippen LogP contribution in [0, 0.1) is 12.8 Å².